The van der Waals surface area contributed by atoms with E-state index in [4.69, 9.17) is 21.7 Å². The van der Waals surface area contributed by atoms with Crippen molar-refractivity contribution >= 4 is 29.0 Å². The number of methoxy groups -OCH3 is 1. The number of benzene rings is 2. The molecule has 0 bridgehead atoms. The van der Waals surface area contributed by atoms with Crippen LogP contribution >= 0.6 is 12.2 Å². The fourth-order valence-corrected chi connectivity index (χ4v) is 3.76. The van der Waals surface area contributed by atoms with Gasteiger partial charge in [0.1, 0.15) is 5.75 Å². The van der Waals surface area contributed by atoms with Crippen molar-refractivity contribution in [2.24, 2.45) is 0 Å². The first kappa shape index (κ1) is 19.9. The van der Waals surface area contributed by atoms with Crippen LogP contribution in [0.25, 0.3) is 0 Å². The number of ether oxygens (including phenoxy) is 2. The van der Waals surface area contributed by atoms with Gasteiger partial charge in [0.15, 0.2) is 5.11 Å². The topological polar surface area (TPSA) is 50.8 Å². The number of nitrogens with one attached hydrogen (secondary N) is 1. The van der Waals surface area contributed by atoms with Crippen molar-refractivity contribution in [2.75, 3.05) is 18.6 Å². The molecule has 0 radical (unpaired) electrons. The number of thiocarbonyl (C=S) groups is 1. The zero-order valence-corrected chi connectivity index (χ0v) is 17.3. The van der Waals surface area contributed by atoms with E-state index in [1.807, 2.05) is 67.3 Å². The first-order chi connectivity index (χ1) is 13.5. The van der Waals surface area contributed by atoms with Crippen molar-refractivity contribution in [2.45, 2.75) is 26.8 Å². The first-order valence-electron chi connectivity index (χ1n) is 9.16. The SMILES string of the molecule is CCOC(=O)C1=C(C)N(c2ccc(OC)cc2)C(=S)NC1c1ccccc1C. The van der Waals surface area contributed by atoms with Gasteiger partial charge in [0.2, 0.25) is 0 Å². The molecule has 1 N–H and O–H groups in total. The molecule has 2 aromatic carbocycles. The molecule has 28 heavy (non-hydrogen) atoms. The van der Waals surface area contributed by atoms with E-state index in [0.29, 0.717) is 17.3 Å². The molecule has 1 aliphatic rings. The summed E-state index contributed by atoms with van der Waals surface area (Å²) < 4.78 is 10.6. The highest BCUT2D eigenvalue weighted by Gasteiger charge is 2.35. The van der Waals surface area contributed by atoms with E-state index in [0.717, 1.165) is 28.3 Å². The maximum atomic E-state index is 12.9. The molecular formula is C22H24N2O3S. The van der Waals surface area contributed by atoms with E-state index in [-0.39, 0.29) is 12.0 Å². The monoisotopic (exact) mass is 396 g/mol. The smallest absolute Gasteiger partial charge is 0.338 e. The molecule has 0 aliphatic carbocycles. The molecule has 0 fully saturated rings. The second kappa shape index (κ2) is 8.44. The number of carbonyl (C=O) groups excluding carboxylic acids is 1. The van der Waals surface area contributed by atoms with Crippen LogP contribution in [0.15, 0.2) is 59.8 Å². The minimum absolute atomic E-state index is 0.309. The van der Waals surface area contributed by atoms with Crippen molar-refractivity contribution in [3.8, 4) is 5.75 Å². The van der Waals surface area contributed by atoms with Gasteiger partial charge in [-0.2, -0.15) is 0 Å². The lowest BCUT2D eigenvalue weighted by Gasteiger charge is -2.38. The Labute approximate surface area is 170 Å². The number of nitrogens with zero attached hydrogens (tertiary/aromatic N) is 1. The standard InChI is InChI=1S/C22H24N2O3S/c1-5-27-21(25)19-15(3)24(16-10-12-17(26-4)13-11-16)22(28)23-20(19)18-9-7-6-8-14(18)2/h6-13,20H,5H2,1-4H3,(H,23,28). The maximum Gasteiger partial charge on any atom is 0.338 e. The number of hydrogen-bond donors (Lipinski definition) is 1. The van der Waals surface area contributed by atoms with Gasteiger partial charge in [-0.1, -0.05) is 24.3 Å². The molecule has 1 aliphatic heterocycles. The summed E-state index contributed by atoms with van der Waals surface area (Å²) in [6.45, 7) is 6.03. The van der Waals surface area contributed by atoms with Gasteiger partial charge in [-0.3, -0.25) is 4.90 Å². The molecule has 2 aromatic rings. The zero-order chi connectivity index (χ0) is 20.3. The largest absolute Gasteiger partial charge is 0.497 e. The third-order valence-corrected chi connectivity index (χ3v) is 5.11. The van der Waals surface area contributed by atoms with Gasteiger partial charge in [-0.15, -0.1) is 0 Å². The Bertz CT molecular complexity index is 922. The molecule has 5 nitrogen and oxygen atoms in total. The van der Waals surface area contributed by atoms with Gasteiger partial charge in [0.05, 0.1) is 25.3 Å². The van der Waals surface area contributed by atoms with Crippen LogP contribution in [0, 0.1) is 6.92 Å². The molecular weight excluding hydrogens is 372 g/mol. The third-order valence-electron chi connectivity index (χ3n) is 4.81. The molecule has 0 spiro atoms. The molecule has 146 valence electrons. The maximum absolute atomic E-state index is 12.9. The van der Waals surface area contributed by atoms with Crippen molar-refractivity contribution in [3.05, 3.63) is 70.9 Å². The predicted octanol–water partition coefficient (Wildman–Crippen LogP) is 4.28. The lowest BCUT2D eigenvalue weighted by Crippen LogP contribution is -2.48. The summed E-state index contributed by atoms with van der Waals surface area (Å²) in [7, 11) is 1.62. The summed E-state index contributed by atoms with van der Waals surface area (Å²) in [4.78, 5) is 14.7. The fraction of sp³-hybridized carbons (Fsp3) is 0.273. The van der Waals surface area contributed by atoms with Crippen LogP contribution < -0.4 is 15.0 Å². The van der Waals surface area contributed by atoms with Crippen LogP contribution in [0.5, 0.6) is 5.75 Å². The quantitative estimate of drug-likeness (QED) is 0.601. The van der Waals surface area contributed by atoms with E-state index >= 15 is 0 Å². The second-order valence-electron chi connectivity index (χ2n) is 6.49. The van der Waals surface area contributed by atoms with Gasteiger partial charge in [-0.05, 0) is 68.4 Å². The Morgan fingerprint density at radius 1 is 1.14 bits per heavy atom. The van der Waals surface area contributed by atoms with Crippen LogP contribution in [0.1, 0.15) is 31.0 Å². The number of allylic oxidation sites excluding steroid dienone is 1. The molecule has 0 saturated heterocycles. The highest BCUT2D eigenvalue weighted by atomic mass is 32.1. The van der Waals surface area contributed by atoms with Gasteiger partial charge < -0.3 is 14.8 Å². The van der Waals surface area contributed by atoms with E-state index < -0.39 is 0 Å². The summed E-state index contributed by atoms with van der Waals surface area (Å²) in [5, 5.41) is 3.87. The van der Waals surface area contributed by atoms with Crippen molar-refractivity contribution in [1.82, 2.24) is 5.32 Å². The molecule has 1 unspecified atom stereocenters. The minimum Gasteiger partial charge on any atom is -0.497 e. The lowest BCUT2D eigenvalue weighted by molar-refractivity contribution is -0.139. The molecule has 1 atom stereocenters. The first-order valence-corrected chi connectivity index (χ1v) is 9.56. The molecule has 0 saturated carbocycles. The number of rotatable bonds is 5. The van der Waals surface area contributed by atoms with Crippen LogP contribution in [0.3, 0.4) is 0 Å². The Kier molecular flexibility index (Phi) is 5.99. The Morgan fingerprint density at radius 3 is 2.43 bits per heavy atom. The molecule has 6 heteroatoms. The van der Waals surface area contributed by atoms with Crippen molar-refractivity contribution in [3.63, 3.8) is 0 Å². The van der Waals surface area contributed by atoms with Crippen LogP contribution in [0.2, 0.25) is 0 Å². The Hall–Kier alpha value is -2.86. The van der Waals surface area contributed by atoms with Crippen LogP contribution in [-0.4, -0.2) is 24.8 Å². The second-order valence-corrected chi connectivity index (χ2v) is 6.88. The van der Waals surface area contributed by atoms with Gasteiger partial charge >= 0.3 is 5.97 Å². The van der Waals surface area contributed by atoms with E-state index in [1.54, 1.807) is 14.0 Å². The van der Waals surface area contributed by atoms with Gasteiger partial charge in [-0.25, -0.2) is 4.79 Å². The van der Waals surface area contributed by atoms with Gasteiger partial charge in [0, 0.05) is 11.4 Å². The highest BCUT2D eigenvalue weighted by molar-refractivity contribution is 7.80. The Morgan fingerprint density at radius 2 is 1.82 bits per heavy atom. The van der Waals surface area contributed by atoms with E-state index in [9.17, 15) is 4.79 Å². The predicted molar refractivity (Wildman–Crippen MR) is 114 cm³/mol. The average molecular weight is 397 g/mol. The number of hydrogen-bond acceptors (Lipinski definition) is 4. The fourth-order valence-electron chi connectivity index (χ4n) is 3.40. The van der Waals surface area contributed by atoms with Crippen LogP contribution in [0.4, 0.5) is 5.69 Å². The summed E-state index contributed by atoms with van der Waals surface area (Å²) in [6.07, 6.45) is 0. The van der Waals surface area contributed by atoms with Crippen molar-refractivity contribution in [1.29, 1.82) is 0 Å². The molecule has 0 amide bonds. The summed E-state index contributed by atoms with van der Waals surface area (Å²) in [6, 6.07) is 15.2. The third kappa shape index (κ3) is 3.73. The summed E-state index contributed by atoms with van der Waals surface area (Å²) >= 11 is 5.67. The summed E-state index contributed by atoms with van der Waals surface area (Å²) in [5.41, 5.74) is 4.24. The van der Waals surface area contributed by atoms with Gasteiger partial charge in [0.25, 0.3) is 0 Å². The average Bonchev–Trinajstić information content (AvgIpc) is 2.68. The molecule has 0 aromatic heterocycles. The molecule has 1 heterocycles. The normalized spacial score (nSPS) is 16.6. The number of esters is 1. The summed E-state index contributed by atoms with van der Waals surface area (Å²) in [5.74, 6) is 0.409. The minimum atomic E-state index is -0.359. The van der Waals surface area contributed by atoms with Crippen molar-refractivity contribution < 1.29 is 14.3 Å². The zero-order valence-electron chi connectivity index (χ0n) is 16.5. The van der Waals surface area contributed by atoms with E-state index in [2.05, 4.69) is 5.32 Å². The molecule has 3 rings (SSSR count). The number of anilines is 1. The number of carbonyl (C=O) groups is 1. The van der Waals surface area contributed by atoms with Crippen LogP contribution in [-0.2, 0) is 9.53 Å². The lowest BCUT2D eigenvalue weighted by atomic mass is 9.92. The van der Waals surface area contributed by atoms with E-state index in [1.165, 1.54) is 0 Å². The Balaban J connectivity index is 2.12. The highest BCUT2D eigenvalue weighted by Crippen LogP contribution is 2.35. The number of aryl methyl sites for hydroxylation is 1.